The summed E-state index contributed by atoms with van der Waals surface area (Å²) in [6, 6.07) is 6.52. The molecule has 1 aliphatic carbocycles. The first-order valence-corrected chi connectivity index (χ1v) is 9.55. The van der Waals surface area contributed by atoms with Crippen LogP contribution >= 0.6 is 11.3 Å². The average Bonchev–Trinajstić information content (AvgIpc) is 3.00. The number of rotatable bonds is 5. The van der Waals surface area contributed by atoms with Crippen molar-refractivity contribution < 1.29 is 13.5 Å². The molecule has 0 atom stereocenters. The van der Waals surface area contributed by atoms with Gasteiger partial charge in [0.25, 0.3) is 0 Å². The zero-order chi connectivity index (χ0) is 18.8. The van der Waals surface area contributed by atoms with Crippen molar-refractivity contribution in [1.29, 1.82) is 0 Å². The molecular weight excluding hydrogens is 370 g/mol. The molecule has 2 aromatic heterocycles. The molecule has 4 rings (SSSR count). The SMILES string of the molecule is Cc1nc(N/N=C\c2ccccc2OC(F)F)c2c3c(sc2n1)CCCC3. The number of benzene rings is 1. The number of aryl methyl sites for hydroxylation is 3. The number of hydrogen-bond acceptors (Lipinski definition) is 6. The van der Waals surface area contributed by atoms with E-state index >= 15 is 0 Å². The minimum absolute atomic E-state index is 0.0787. The highest BCUT2D eigenvalue weighted by molar-refractivity contribution is 7.19. The lowest BCUT2D eigenvalue weighted by Gasteiger charge is -2.11. The fraction of sp³-hybridized carbons (Fsp3) is 0.316. The molecule has 1 aromatic carbocycles. The Kier molecular flexibility index (Phi) is 4.98. The van der Waals surface area contributed by atoms with Gasteiger partial charge < -0.3 is 4.74 Å². The maximum absolute atomic E-state index is 12.5. The molecule has 2 heterocycles. The molecule has 0 bridgehead atoms. The summed E-state index contributed by atoms with van der Waals surface area (Å²) in [4.78, 5) is 11.4. The van der Waals surface area contributed by atoms with Crippen LogP contribution in [0, 0.1) is 6.92 Å². The van der Waals surface area contributed by atoms with Crippen LogP contribution in [0.25, 0.3) is 10.2 Å². The minimum Gasteiger partial charge on any atom is -0.434 e. The number of nitrogens with zero attached hydrogens (tertiary/aromatic N) is 3. The molecule has 140 valence electrons. The Morgan fingerprint density at radius 2 is 2.04 bits per heavy atom. The number of hydrogen-bond donors (Lipinski definition) is 1. The molecule has 0 amide bonds. The number of hydrazone groups is 1. The monoisotopic (exact) mass is 388 g/mol. The van der Waals surface area contributed by atoms with Crippen LogP contribution < -0.4 is 10.2 Å². The van der Waals surface area contributed by atoms with E-state index < -0.39 is 6.61 Å². The van der Waals surface area contributed by atoms with E-state index in [1.165, 1.54) is 29.1 Å². The van der Waals surface area contributed by atoms with Gasteiger partial charge in [0, 0.05) is 10.4 Å². The Hall–Kier alpha value is -2.61. The van der Waals surface area contributed by atoms with E-state index in [0.29, 0.717) is 17.2 Å². The van der Waals surface area contributed by atoms with Gasteiger partial charge in [-0.25, -0.2) is 9.97 Å². The molecule has 3 aromatic rings. The molecule has 27 heavy (non-hydrogen) atoms. The molecular formula is C19H18F2N4OS. The van der Waals surface area contributed by atoms with Crippen molar-refractivity contribution in [3.63, 3.8) is 0 Å². The molecule has 0 saturated heterocycles. The van der Waals surface area contributed by atoms with Crippen LogP contribution in [-0.2, 0) is 12.8 Å². The molecule has 0 fully saturated rings. The highest BCUT2D eigenvalue weighted by Crippen LogP contribution is 2.38. The van der Waals surface area contributed by atoms with Gasteiger partial charge in [-0.1, -0.05) is 12.1 Å². The molecule has 0 saturated carbocycles. The third-order valence-electron chi connectivity index (χ3n) is 4.44. The zero-order valence-corrected chi connectivity index (χ0v) is 15.5. The van der Waals surface area contributed by atoms with Gasteiger partial charge in [0.1, 0.15) is 16.4 Å². The fourth-order valence-electron chi connectivity index (χ4n) is 3.30. The first kappa shape index (κ1) is 17.8. The summed E-state index contributed by atoms with van der Waals surface area (Å²) in [5.74, 6) is 1.40. The normalized spacial score (nSPS) is 14.1. The van der Waals surface area contributed by atoms with Crippen LogP contribution in [0.15, 0.2) is 29.4 Å². The van der Waals surface area contributed by atoms with E-state index in [9.17, 15) is 8.78 Å². The van der Waals surface area contributed by atoms with Gasteiger partial charge in [-0.2, -0.15) is 13.9 Å². The second-order valence-corrected chi connectivity index (χ2v) is 7.38. The number of aromatic nitrogens is 2. The highest BCUT2D eigenvalue weighted by Gasteiger charge is 2.20. The first-order valence-electron chi connectivity index (χ1n) is 8.73. The van der Waals surface area contributed by atoms with Crippen LogP contribution in [0.5, 0.6) is 5.75 Å². The third kappa shape index (κ3) is 3.75. The van der Waals surface area contributed by atoms with E-state index in [0.717, 1.165) is 29.5 Å². The number of ether oxygens (including phenoxy) is 1. The minimum atomic E-state index is -2.88. The standard InChI is InChI=1S/C19H18F2N4OS/c1-11-23-17(16-13-7-3-5-9-15(13)27-18(16)24-11)25-22-10-12-6-2-4-8-14(12)26-19(20)21/h2,4,6,8,10,19H,3,5,7,9H2,1H3,(H,23,24,25)/b22-10-. The smallest absolute Gasteiger partial charge is 0.387 e. The summed E-state index contributed by atoms with van der Waals surface area (Å²) in [5, 5.41) is 5.24. The Bertz CT molecular complexity index is 1000. The van der Waals surface area contributed by atoms with Gasteiger partial charge >= 0.3 is 6.61 Å². The fourth-order valence-corrected chi connectivity index (χ4v) is 4.61. The summed E-state index contributed by atoms with van der Waals surface area (Å²) < 4.78 is 29.6. The van der Waals surface area contributed by atoms with Gasteiger partial charge in [0.05, 0.1) is 11.6 Å². The number of anilines is 1. The zero-order valence-electron chi connectivity index (χ0n) is 14.7. The van der Waals surface area contributed by atoms with E-state index in [1.54, 1.807) is 29.5 Å². The number of halogens is 2. The van der Waals surface area contributed by atoms with E-state index in [4.69, 9.17) is 0 Å². The molecule has 0 spiro atoms. The molecule has 1 aliphatic rings. The summed E-state index contributed by atoms with van der Waals surface area (Å²) in [7, 11) is 0. The number of alkyl halides is 2. The lowest BCUT2D eigenvalue weighted by atomic mass is 9.97. The third-order valence-corrected chi connectivity index (χ3v) is 5.62. The molecule has 1 N–H and O–H groups in total. The number of thiophene rings is 1. The predicted molar refractivity (Wildman–Crippen MR) is 103 cm³/mol. The quantitative estimate of drug-likeness (QED) is 0.498. The molecule has 0 aliphatic heterocycles. The lowest BCUT2D eigenvalue weighted by Crippen LogP contribution is -2.05. The van der Waals surface area contributed by atoms with Gasteiger partial charge in [0.2, 0.25) is 0 Å². The Morgan fingerprint density at radius 1 is 1.22 bits per heavy atom. The molecule has 0 unspecified atom stereocenters. The van der Waals surface area contributed by atoms with Crippen molar-refractivity contribution in [2.75, 3.05) is 5.43 Å². The number of para-hydroxylation sites is 1. The maximum atomic E-state index is 12.5. The first-order chi connectivity index (χ1) is 13.1. The van der Waals surface area contributed by atoms with Crippen LogP contribution in [0.4, 0.5) is 14.6 Å². The van der Waals surface area contributed by atoms with Gasteiger partial charge in [-0.05, 0) is 50.3 Å². The van der Waals surface area contributed by atoms with E-state index in [2.05, 4.69) is 25.2 Å². The Balaban J connectivity index is 1.65. The highest BCUT2D eigenvalue weighted by atomic mass is 32.1. The molecule has 0 radical (unpaired) electrons. The van der Waals surface area contributed by atoms with Crippen molar-refractivity contribution in [2.45, 2.75) is 39.2 Å². The van der Waals surface area contributed by atoms with Crippen LogP contribution in [0.1, 0.15) is 34.7 Å². The largest absolute Gasteiger partial charge is 0.434 e. The van der Waals surface area contributed by atoms with Gasteiger partial charge in [-0.15, -0.1) is 11.3 Å². The van der Waals surface area contributed by atoms with Crippen molar-refractivity contribution in [3.8, 4) is 5.75 Å². The average molecular weight is 388 g/mol. The lowest BCUT2D eigenvalue weighted by molar-refractivity contribution is -0.0499. The van der Waals surface area contributed by atoms with Crippen molar-refractivity contribution in [2.24, 2.45) is 5.10 Å². The van der Waals surface area contributed by atoms with Gasteiger partial charge in [-0.3, -0.25) is 5.43 Å². The predicted octanol–water partition coefficient (Wildman–Crippen LogP) is 4.93. The van der Waals surface area contributed by atoms with Crippen molar-refractivity contribution in [1.82, 2.24) is 9.97 Å². The van der Waals surface area contributed by atoms with Crippen LogP contribution in [-0.4, -0.2) is 22.8 Å². The van der Waals surface area contributed by atoms with Crippen molar-refractivity contribution in [3.05, 3.63) is 46.1 Å². The molecule has 5 nitrogen and oxygen atoms in total. The topological polar surface area (TPSA) is 59.4 Å². The van der Waals surface area contributed by atoms with E-state index in [1.807, 2.05) is 6.92 Å². The second-order valence-electron chi connectivity index (χ2n) is 6.30. The van der Waals surface area contributed by atoms with E-state index in [-0.39, 0.29) is 5.75 Å². The van der Waals surface area contributed by atoms with Crippen LogP contribution in [0.3, 0.4) is 0 Å². The Morgan fingerprint density at radius 3 is 2.89 bits per heavy atom. The Labute approximate surface area is 159 Å². The van der Waals surface area contributed by atoms with Gasteiger partial charge in [0.15, 0.2) is 5.82 Å². The van der Waals surface area contributed by atoms with Crippen molar-refractivity contribution >= 4 is 33.6 Å². The maximum Gasteiger partial charge on any atom is 0.387 e. The molecule has 8 heteroatoms. The second kappa shape index (κ2) is 7.56. The summed E-state index contributed by atoms with van der Waals surface area (Å²) in [5.41, 5.74) is 4.74. The number of fused-ring (bicyclic) bond motifs is 3. The summed E-state index contributed by atoms with van der Waals surface area (Å²) >= 11 is 1.72. The summed E-state index contributed by atoms with van der Waals surface area (Å²) in [6.07, 6.45) is 5.92. The summed E-state index contributed by atoms with van der Waals surface area (Å²) in [6.45, 7) is -1.03. The van der Waals surface area contributed by atoms with Crippen LogP contribution in [0.2, 0.25) is 0 Å². The number of nitrogens with one attached hydrogen (secondary N) is 1.